The van der Waals surface area contributed by atoms with Crippen molar-refractivity contribution in [3.8, 4) is 15.8 Å². The van der Waals surface area contributed by atoms with E-state index in [0.717, 1.165) is 22.2 Å². The predicted molar refractivity (Wildman–Crippen MR) is 129 cm³/mol. The van der Waals surface area contributed by atoms with Crippen LogP contribution in [0.4, 0.5) is 5.69 Å². The third kappa shape index (κ3) is 2.90. The van der Waals surface area contributed by atoms with Crippen LogP contribution in [0, 0.1) is 6.92 Å². The third-order valence-corrected chi connectivity index (χ3v) is 15.5. The number of aliphatic imine (C=N–C) groups is 1. The number of carbonyl (C=O) groups is 1. The molecule has 30 heavy (non-hydrogen) atoms. The van der Waals surface area contributed by atoms with Crippen LogP contribution in [-0.2, 0) is 4.79 Å². The second kappa shape index (κ2) is 6.78. The molecule has 0 saturated carbocycles. The molecule has 1 aliphatic heterocycles. The summed E-state index contributed by atoms with van der Waals surface area (Å²) in [6.07, 6.45) is 5.34. The molecule has 1 aliphatic carbocycles. The van der Waals surface area contributed by atoms with Crippen LogP contribution < -0.4 is 5.19 Å². The van der Waals surface area contributed by atoms with E-state index < -0.39 is 8.07 Å². The van der Waals surface area contributed by atoms with E-state index in [1.165, 1.54) is 14.1 Å². The molecule has 1 N–H and O–H groups in total. The number of nitrogens with zero attached hydrogens (tertiary/aromatic N) is 1. The Morgan fingerprint density at radius 1 is 0.967 bits per heavy atom. The minimum absolute atomic E-state index is 0.0290. The van der Waals surface area contributed by atoms with Crippen LogP contribution in [0.1, 0.15) is 46.0 Å². The van der Waals surface area contributed by atoms with Gasteiger partial charge in [-0.05, 0) is 0 Å². The van der Waals surface area contributed by atoms with Gasteiger partial charge in [-0.25, -0.2) is 0 Å². The Kier molecular flexibility index (Phi) is 4.81. The number of aryl methyl sites for hydroxylation is 1. The van der Waals surface area contributed by atoms with Crippen LogP contribution >= 0.6 is 0 Å². The number of phenols is 1. The zero-order chi connectivity index (χ0) is 22.1. The van der Waals surface area contributed by atoms with Gasteiger partial charge in [0.1, 0.15) is 0 Å². The van der Waals surface area contributed by atoms with Crippen molar-refractivity contribution in [2.75, 3.05) is 0 Å². The molecule has 0 amide bonds. The first-order valence-corrected chi connectivity index (χ1v) is 14.1. The predicted octanol–water partition coefficient (Wildman–Crippen LogP) is 5.37. The average molecular weight is 483 g/mol. The zero-order valence-electron chi connectivity index (χ0n) is 18.8. The zero-order valence-corrected chi connectivity index (χ0v) is 21.5. The standard InChI is InChI=1S/C25H29NO2SeSi/c1-15-8-13-20(29-15)22-19(28)12-11-18-23(22)30(24(2,3)4,25(5,6)7)21-14-16(27)9-10-17(21)26-18/h8-14,28H,1-7H3. The van der Waals surface area contributed by atoms with Gasteiger partial charge < -0.3 is 0 Å². The summed E-state index contributed by atoms with van der Waals surface area (Å²) in [7, 11) is -2.63. The summed E-state index contributed by atoms with van der Waals surface area (Å²) in [6, 6.07) is 8.08. The fraction of sp³-hybridized carbons (Fsp3) is 0.360. The van der Waals surface area contributed by atoms with Gasteiger partial charge >= 0.3 is 186 Å². The first kappa shape index (κ1) is 21.3. The van der Waals surface area contributed by atoms with E-state index in [2.05, 4.69) is 60.6 Å². The molecule has 0 unspecified atom stereocenters. The number of benzene rings is 1. The normalized spacial score (nSPS) is 17.9. The van der Waals surface area contributed by atoms with Gasteiger partial charge in [-0.15, -0.1) is 0 Å². The Morgan fingerprint density at radius 3 is 2.20 bits per heavy atom. The molecule has 0 atom stereocenters. The molecular weight excluding hydrogens is 453 g/mol. The molecular formula is C25H29NO2SeSi. The SMILES string of the molecule is Cc1ccc(-c2c(O)ccc3c2[Si](C(C)(C)C)(C(C)(C)C)C2=CC(=O)C=CC2=N3)[se]1. The topological polar surface area (TPSA) is 49.7 Å². The summed E-state index contributed by atoms with van der Waals surface area (Å²) >= 11 is 0.184. The summed E-state index contributed by atoms with van der Waals surface area (Å²) in [5.41, 5.74) is 2.82. The summed E-state index contributed by atoms with van der Waals surface area (Å²) in [6.45, 7) is 15.9. The van der Waals surface area contributed by atoms with Crippen molar-refractivity contribution in [1.29, 1.82) is 0 Å². The van der Waals surface area contributed by atoms with Crippen molar-refractivity contribution in [3.63, 3.8) is 0 Å². The molecule has 4 rings (SSSR count). The van der Waals surface area contributed by atoms with Crippen LogP contribution in [-0.4, -0.2) is 39.2 Å². The first-order valence-electron chi connectivity index (χ1n) is 10.3. The average Bonchev–Trinajstić information content (AvgIpc) is 3.03. The van der Waals surface area contributed by atoms with Crippen molar-refractivity contribution in [2.45, 2.75) is 58.5 Å². The van der Waals surface area contributed by atoms with E-state index in [9.17, 15) is 9.90 Å². The van der Waals surface area contributed by atoms with E-state index in [-0.39, 0.29) is 30.4 Å². The number of rotatable bonds is 1. The molecule has 0 radical (unpaired) electrons. The fourth-order valence-electron chi connectivity index (χ4n) is 5.73. The van der Waals surface area contributed by atoms with Crippen LogP contribution in [0.2, 0.25) is 10.1 Å². The molecule has 0 fully saturated rings. The summed E-state index contributed by atoms with van der Waals surface area (Å²) in [5, 5.41) is 13.2. The van der Waals surface area contributed by atoms with E-state index in [1.807, 2.05) is 18.2 Å². The molecule has 156 valence electrons. The Morgan fingerprint density at radius 2 is 1.63 bits per heavy atom. The van der Waals surface area contributed by atoms with Crippen molar-refractivity contribution in [2.24, 2.45) is 4.99 Å². The van der Waals surface area contributed by atoms with Crippen molar-refractivity contribution in [1.82, 2.24) is 0 Å². The van der Waals surface area contributed by atoms with Crippen molar-refractivity contribution < 1.29 is 9.90 Å². The first-order chi connectivity index (χ1) is 13.9. The Labute approximate surface area is 186 Å². The number of hydrogen-bond acceptors (Lipinski definition) is 3. The van der Waals surface area contributed by atoms with Gasteiger partial charge in [0.05, 0.1) is 0 Å². The maximum atomic E-state index is 12.6. The van der Waals surface area contributed by atoms with Gasteiger partial charge in [-0.3, -0.25) is 0 Å². The van der Waals surface area contributed by atoms with Gasteiger partial charge in [-0.2, -0.15) is 0 Å². The Bertz CT molecular complexity index is 1140. The van der Waals surface area contributed by atoms with Crippen molar-refractivity contribution >= 4 is 44.9 Å². The van der Waals surface area contributed by atoms with E-state index in [4.69, 9.17) is 4.99 Å². The Hall–Kier alpha value is -1.94. The summed E-state index contributed by atoms with van der Waals surface area (Å²) in [5.74, 6) is 0.355. The molecule has 2 aliphatic rings. The molecule has 3 nitrogen and oxygen atoms in total. The Balaban J connectivity index is 2.25. The number of hydrogen-bond donors (Lipinski definition) is 1. The molecule has 5 heteroatoms. The molecule has 0 spiro atoms. The van der Waals surface area contributed by atoms with Gasteiger partial charge in [0.15, 0.2) is 0 Å². The molecule has 0 bridgehead atoms. The van der Waals surface area contributed by atoms with Gasteiger partial charge in [0, 0.05) is 0 Å². The van der Waals surface area contributed by atoms with Gasteiger partial charge in [-0.1, -0.05) is 0 Å². The number of aromatic hydroxyl groups is 1. The van der Waals surface area contributed by atoms with Gasteiger partial charge in [0.2, 0.25) is 0 Å². The maximum absolute atomic E-state index is 12.6. The van der Waals surface area contributed by atoms with Crippen molar-refractivity contribution in [3.05, 3.63) is 52.1 Å². The number of ketones is 1. The third-order valence-electron chi connectivity index (χ3n) is 6.39. The van der Waals surface area contributed by atoms with E-state index in [1.54, 1.807) is 12.1 Å². The van der Waals surface area contributed by atoms with Crippen LogP contribution in [0.3, 0.4) is 0 Å². The quantitative estimate of drug-likeness (QED) is 0.439. The van der Waals surface area contributed by atoms with Gasteiger partial charge in [0.25, 0.3) is 0 Å². The number of fused-ring (bicyclic) bond motifs is 2. The second-order valence-electron chi connectivity index (χ2n) is 10.3. The molecule has 1 aromatic heterocycles. The molecule has 2 aromatic rings. The van der Waals surface area contributed by atoms with E-state index in [0.29, 0.717) is 5.75 Å². The van der Waals surface area contributed by atoms with E-state index >= 15 is 0 Å². The summed E-state index contributed by atoms with van der Waals surface area (Å²) in [4.78, 5) is 17.6. The summed E-state index contributed by atoms with van der Waals surface area (Å²) < 4.78 is 2.56. The minimum atomic E-state index is -2.63. The molecule has 1 aromatic carbocycles. The number of allylic oxidation sites excluding steroid dienone is 4. The van der Waals surface area contributed by atoms with Crippen LogP contribution in [0.25, 0.3) is 10.0 Å². The van der Waals surface area contributed by atoms with Crippen LogP contribution in [0.15, 0.2) is 52.7 Å². The molecule has 2 heterocycles. The number of phenolic OH excluding ortho intramolecular Hbond substituents is 1. The monoisotopic (exact) mass is 483 g/mol. The second-order valence-corrected chi connectivity index (χ2v) is 18.5. The number of carbonyl (C=O) groups excluding carboxylic acids is 1. The van der Waals surface area contributed by atoms with Crippen LogP contribution in [0.5, 0.6) is 5.75 Å². The fourth-order valence-corrected chi connectivity index (χ4v) is 15.6. The molecule has 0 saturated heterocycles.